The van der Waals surface area contributed by atoms with Gasteiger partial charge in [0, 0.05) is 18.3 Å². The van der Waals surface area contributed by atoms with Crippen LogP contribution in [0, 0.1) is 0 Å². The zero-order valence-electron chi connectivity index (χ0n) is 10.6. The number of nitrogens with zero attached hydrogens (tertiary/aromatic N) is 2. The van der Waals surface area contributed by atoms with Crippen LogP contribution in [0.25, 0.3) is 11.3 Å². The SMILES string of the molecule is CCOC(=O)c1cn(CC)nc1-c1ccccc1. The molecule has 0 radical (unpaired) electrons. The molecular formula is C14H16N2O2. The molecule has 0 aliphatic rings. The first-order chi connectivity index (χ1) is 8.76. The van der Waals surface area contributed by atoms with Gasteiger partial charge < -0.3 is 4.74 Å². The van der Waals surface area contributed by atoms with Crippen molar-refractivity contribution in [3.8, 4) is 11.3 Å². The van der Waals surface area contributed by atoms with Crippen molar-refractivity contribution in [1.29, 1.82) is 0 Å². The van der Waals surface area contributed by atoms with E-state index in [0.717, 1.165) is 12.1 Å². The maximum absolute atomic E-state index is 11.9. The molecule has 1 aromatic carbocycles. The lowest BCUT2D eigenvalue weighted by atomic mass is 10.1. The quantitative estimate of drug-likeness (QED) is 0.777. The van der Waals surface area contributed by atoms with Gasteiger partial charge in [-0.25, -0.2) is 4.79 Å². The van der Waals surface area contributed by atoms with E-state index in [1.54, 1.807) is 17.8 Å². The number of rotatable bonds is 4. The first-order valence-electron chi connectivity index (χ1n) is 6.06. The normalized spacial score (nSPS) is 10.3. The van der Waals surface area contributed by atoms with E-state index >= 15 is 0 Å². The standard InChI is InChI=1S/C14H16N2O2/c1-3-16-10-12(14(17)18-4-2)13(15-16)11-8-6-5-7-9-11/h5-10H,3-4H2,1-2H3. The van der Waals surface area contributed by atoms with Crippen molar-refractivity contribution >= 4 is 5.97 Å². The Kier molecular flexibility index (Phi) is 3.77. The predicted octanol–water partition coefficient (Wildman–Crippen LogP) is 2.75. The monoisotopic (exact) mass is 244 g/mol. The lowest BCUT2D eigenvalue weighted by Crippen LogP contribution is -2.04. The minimum atomic E-state index is -0.323. The minimum absolute atomic E-state index is 0.323. The molecule has 4 nitrogen and oxygen atoms in total. The van der Waals surface area contributed by atoms with Crippen LogP contribution in [-0.2, 0) is 11.3 Å². The van der Waals surface area contributed by atoms with Crippen molar-refractivity contribution in [2.24, 2.45) is 0 Å². The van der Waals surface area contributed by atoms with Gasteiger partial charge >= 0.3 is 5.97 Å². The Labute approximate surface area is 106 Å². The Balaban J connectivity index is 2.45. The maximum atomic E-state index is 11.9. The second-order valence-corrected chi connectivity index (χ2v) is 3.83. The third kappa shape index (κ3) is 2.42. The molecule has 1 heterocycles. The van der Waals surface area contributed by atoms with E-state index < -0.39 is 0 Å². The molecule has 0 saturated carbocycles. The number of carbonyl (C=O) groups is 1. The largest absolute Gasteiger partial charge is 0.462 e. The minimum Gasteiger partial charge on any atom is -0.462 e. The summed E-state index contributed by atoms with van der Waals surface area (Å²) in [6.07, 6.45) is 1.74. The number of hydrogen-bond acceptors (Lipinski definition) is 3. The van der Waals surface area contributed by atoms with Gasteiger partial charge in [0.15, 0.2) is 0 Å². The molecule has 0 aliphatic heterocycles. The molecule has 2 aromatic rings. The van der Waals surface area contributed by atoms with Crippen LogP contribution in [0.1, 0.15) is 24.2 Å². The third-order valence-corrected chi connectivity index (χ3v) is 2.63. The van der Waals surface area contributed by atoms with Gasteiger partial charge in [-0.2, -0.15) is 5.10 Å². The number of aryl methyl sites for hydroxylation is 1. The van der Waals surface area contributed by atoms with E-state index in [1.807, 2.05) is 37.3 Å². The number of ether oxygens (including phenoxy) is 1. The summed E-state index contributed by atoms with van der Waals surface area (Å²) in [7, 11) is 0. The Morgan fingerprint density at radius 2 is 2.00 bits per heavy atom. The third-order valence-electron chi connectivity index (χ3n) is 2.63. The molecule has 0 unspecified atom stereocenters. The fourth-order valence-electron chi connectivity index (χ4n) is 1.75. The maximum Gasteiger partial charge on any atom is 0.341 e. The van der Waals surface area contributed by atoms with Crippen LogP contribution in [0.15, 0.2) is 36.5 Å². The summed E-state index contributed by atoms with van der Waals surface area (Å²) in [5.41, 5.74) is 2.12. The van der Waals surface area contributed by atoms with Crippen molar-refractivity contribution < 1.29 is 9.53 Å². The summed E-state index contributed by atoms with van der Waals surface area (Å²) in [6, 6.07) is 9.66. The molecule has 0 N–H and O–H groups in total. The highest BCUT2D eigenvalue weighted by Gasteiger charge is 2.18. The zero-order valence-corrected chi connectivity index (χ0v) is 10.6. The highest BCUT2D eigenvalue weighted by atomic mass is 16.5. The van der Waals surface area contributed by atoms with Crippen LogP contribution in [0.3, 0.4) is 0 Å². The van der Waals surface area contributed by atoms with Crippen LogP contribution in [0.2, 0.25) is 0 Å². The average molecular weight is 244 g/mol. The van der Waals surface area contributed by atoms with Gasteiger partial charge in [0.1, 0.15) is 11.3 Å². The van der Waals surface area contributed by atoms with Crippen LogP contribution >= 0.6 is 0 Å². The smallest absolute Gasteiger partial charge is 0.341 e. The Morgan fingerprint density at radius 3 is 2.61 bits per heavy atom. The van der Waals surface area contributed by atoms with Crippen molar-refractivity contribution in [3.05, 3.63) is 42.1 Å². The number of esters is 1. The summed E-state index contributed by atoms with van der Waals surface area (Å²) in [5.74, 6) is -0.323. The number of aromatic nitrogens is 2. The summed E-state index contributed by atoms with van der Waals surface area (Å²) in [6.45, 7) is 4.87. The van der Waals surface area contributed by atoms with E-state index in [9.17, 15) is 4.79 Å². The molecule has 0 fully saturated rings. The summed E-state index contributed by atoms with van der Waals surface area (Å²) >= 11 is 0. The zero-order chi connectivity index (χ0) is 13.0. The highest BCUT2D eigenvalue weighted by Crippen LogP contribution is 2.22. The van der Waals surface area contributed by atoms with Crippen LogP contribution in [0.5, 0.6) is 0 Å². The van der Waals surface area contributed by atoms with Crippen LogP contribution in [-0.4, -0.2) is 22.4 Å². The van der Waals surface area contributed by atoms with Crippen LogP contribution < -0.4 is 0 Å². The fourth-order valence-corrected chi connectivity index (χ4v) is 1.75. The Morgan fingerprint density at radius 1 is 1.28 bits per heavy atom. The molecule has 4 heteroatoms. The lowest BCUT2D eigenvalue weighted by Gasteiger charge is -2.01. The lowest BCUT2D eigenvalue weighted by molar-refractivity contribution is 0.0527. The van der Waals surface area contributed by atoms with Gasteiger partial charge in [0.25, 0.3) is 0 Å². The van der Waals surface area contributed by atoms with Crippen molar-refractivity contribution in [3.63, 3.8) is 0 Å². The molecule has 2 rings (SSSR count). The van der Waals surface area contributed by atoms with Gasteiger partial charge in [0.2, 0.25) is 0 Å². The van der Waals surface area contributed by atoms with Gasteiger partial charge in [-0.3, -0.25) is 4.68 Å². The second kappa shape index (κ2) is 5.49. The second-order valence-electron chi connectivity index (χ2n) is 3.83. The van der Waals surface area contributed by atoms with E-state index in [4.69, 9.17) is 4.74 Å². The summed E-state index contributed by atoms with van der Waals surface area (Å²) in [4.78, 5) is 11.9. The number of benzene rings is 1. The first kappa shape index (κ1) is 12.4. The molecule has 0 aliphatic carbocycles. The van der Waals surface area contributed by atoms with Gasteiger partial charge in [-0.15, -0.1) is 0 Å². The van der Waals surface area contributed by atoms with E-state index in [-0.39, 0.29) is 5.97 Å². The molecule has 94 valence electrons. The highest BCUT2D eigenvalue weighted by molar-refractivity contribution is 5.95. The summed E-state index contributed by atoms with van der Waals surface area (Å²) in [5, 5.41) is 4.42. The van der Waals surface area contributed by atoms with Gasteiger partial charge in [0.05, 0.1) is 6.61 Å². The average Bonchev–Trinajstić information content (AvgIpc) is 2.84. The summed E-state index contributed by atoms with van der Waals surface area (Å²) < 4.78 is 6.80. The first-order valence-corrected chi connectivity index (χ1v) is 6.06. The van der Waals surface area contributed by atoms with E-state index in [1.165, 1.54) is 0 Å². The number of hydrogen-bond donors (Lipinski definition) is 0. The topological polar surface area (TPSA) is 44.1 Å². The van der Waals surface area contributed by atoms with Crippen LogP contribution in [0.4, 0.5) is 0 Å². The van der Waals surface area contributed by atoms with Crippen molar-refractivity contribution in [2.45, 2.75) is 20.4 Å². The molecular weight excluding hydrogens is 228 g/mol. The van der Waals surface area contributed by atoms with Gasteiger partial charge in [-0.1, -0.05) is 30.3 Å². The molecule has 18 heavy (non-hydrogen) atoms. The van der Waals surface area contributed by atoms with E-state index in [0.29, 0.717) is 17.9 Å². The fraction of sp³-hybridized carbons (Fsp3) is 0.286. The molecule has 0 amide bonds. The molecule has 0 atom stereocenters. The molecule has 1 aromatic heterocycles. The van der Waals surface area contributed by atoms with Crippen molar-refractivity contribution in [1.82, 2.24) is 9.78 Å². The Bertz CT molecular complexity index is 532. The Hall–Kier alpha value is -2.10. The van der Waals surface area contributed by atoms with Gasteiger partial charge in [-0.05, 0) is 13.8 Å². The predicted molar refractivity (Wildman–Crippen MR) is 69.3 cm³/mol. The van der Waals surface area contributed by atoms with E-state index in [2.05, 4.69) is 5.10 Å². The molecule has 0 bridgehead atoms. The molecule has 0 spiro atoms. The van der Waals surface area contributed by atoms with Crippen molar-refractivity contribution in [2.75, 3.05) is 6.61 Å². The molecule has 0 saturated heterocycles. The number of carbonyl (C=O) groups excluding carboxylic acids is 1.